The molecular formula is C12H14N2O2. The topological polar surface area (TPSA) is 58.3 Å². The van der Waals surface area contributed by atoms with Crippen LogP contribution >= 0.6 is 0 Å². The van der Waals surface area contributed by atoms with Gasteiger partial charge in [0.15, 0.2) is 0 Å². The van der Waals surface area contributed by atoms with Gasteiger partial charge in [-0.1, -0.05) is 17.3 Å². The summed E-state index contributed by atoms with van der Waals surface area (Å²) in [5, 5.41) is 16.4. The molecule has 0 saturated carbocycles. The molecule has 4 nitrogen and oxygen atoms in total. The molecule has 84 valence electrons. The van der Waals surface area contributed by atoms with Crippen molar-refractivity contribution in [3.05, 3.63) is 47.3 Å². The van der Waals surface area contributed by atoms with Crippen molar-refractivity contribution in [3.8, 4) is 5.75 Å². The van der Waals surface area contributed by atoms with Crippen molar-refractivity contribution in [1.82, 2.24) is 10.5 Å². The molecule has 0 atom stereocenters. The summed E-state index contributed by atoms with van der Waals surface area (Å²) in [5.74, 6) is 1.10. The van der Waals surface area contributed by atoms with Crippen LogP contribution in [0.1, 0.15) is 17.0 Å². The maximum Gasteiger partial charge on any atom is 0.133 e. The molecule has 0 amide bonds. The minimum Gasteiger partial charge on any atom is -0.508 e. The highest BCUT2D eigenvalue weighted by molar-refractivity contribution is 5.26. The molecule has 0 spiro atoms. The number of aryl methyl sites for hydroxylation is 1. The molecule has 0 saturated heterocycles. The maximum absolute atomic E-state index is 9.28. The second kappa shape index (κ2) is 4.81. The Morgan fingerprint density at radius 2 is 2.19 bits per heavy atom. The summed E-state index contributed by atoms with van der Waals surface area (Å²) >= 11 is 0. The van der Waals surface area contributed by atoms with E-state index in [0.717, 1.165) is 17.0 Å². The largest absolute Gasteiger partial charge is 0.508 e. The van der Waals surface area contributed by atoms with E-state index < -0.39 is 0 Å². The lowest BCUT2D eigenvalue weighted by molar-refractivity contribution is 0.388. The van der Waals surface area contributed by atoms with Crippen LogP contribution in [0, 0.1) is 6.92 Å². The second-order valence-electron chi connectivity index (χ2n) is 3.70. The normalized spacial score (nSPS) is 10.6. The minimum absolute atomic E-state index is 0.289. The van der Waals surface area contributed by atoms with Crippen LogP contribution in [-0.4, -0.2) is 10.3 Å². The molecule has 0 unspecified atom stereocenters. The van der Waals surface area contributed by atoms with Crippen molar-refractivity contribution in [3.63, 3.8) is 0 Å². The summed E-state index contributed by atoms with van der Waals surface area (Å²) in [6, 6.07) is 9.08. The number of rotatable bonds is 4. The van der Waals surface area contributed by atoms with Gasteiger partial charge in [0.1, 0.15) is 11.5 Å². The second-order valence-corrected chi connectivity index (χ2v) is 3.70. The van der Waals surface area contributed by atoms with Crippen LogP contribution in [0.2, 0.25) is 0 Å². The van der Waals surface area contributed by atoms with E-state index in [4.69, 9.17) is 4.52 Å². The Morgan fingerprint density at radius 1 is 1.31 bits per heavy atom. The predicted molar refractivity (Wildman–Crippen MR) is 59.9 cm³/mol. The highest BCUT2D eigenvalue weighted by Crippen LogP contribution is 2.10. The average Bonchev–Trinajstić information content (AvgIpc) is 2.64. The number of benzene rings is 1. The third kappa shape index (κ3) is 2.84. The van der Waals surface area contributed by atoms with Crippen LogP contribution in [-0.2, 0) is 13.1 Å². The van der Waals surface area contributed by atoms with Crippen molar-refractivity contribution in [2.45, 2.75) is 20.0 Å². The first-order valence-electron chi connectivity index (χ1n) is 5.15. The van der Waals surface area contributed by atoms with E-state index in [0.29, 0.717) is 13.1 Å². The van der Waals surface area contributed by atoms with Gasteiger partial charge in [-0.25, -0.2) is 0 Å². The Labute approximate surface area is 93.9 Å². The van der Waals surface area contributed by atoms with Crippen molar-refractivity contribution < 1.29 is 9.63 Å². The molecule has 1 aromatic carbocycles. The first-order valence-corrected chi connectivity index (χ1v) is 5.15. The Kier molecular flexibility index (Phi) is 3.22. The van der Waals surface area contributed by atoms with E-state index in [2.05, 4.69) is 10.5 Å². The highest BCUT2D eigenvalue weighted by atomic mass is 16.5. The van der Waals surface area contributed by atoms with Crippen LogP contribution < -0.4 is 5.32 Å². The summed E-state index contributed by atoms with van der Waals surface area (Å²) in [6.45, 7) is 3.22. The number of aromatic hydroxyl groups is 1. The summed E-state index contributed by atoms with van der Waals surface area (Å²) < 4.78 is 4.96. The zero-order chi connectivity index (χ0) is 11.4. The van der Waals surface area contributed by atoms with E-state index in [1.54, 1.807) is 12.1 Å². The van der Waals surface area contributed by atoms with Crippen molar-refractivity contribution >= 4 is 0 Å². The zero-order valence-corrected chi connectivity index (χ0v) is 9.10. The first kappa shape index (κ1) is 10.7. The van der Waals surface area contributed by atoms with Gasteiger partial charge in [0.2, 0.25) is 0 Å². The summed E-state index contributed by atoms with van der Waals surface area (Å²) in [7, 11) is 0. The number of hydrogen-bond acceptors (Lipinski definition) is 4. The lowest BCUT2D eigenvalue weighted by Gasteiger charge is -2.02. The lowest BCUT2D eigenvalue weighted by Crippen LogP contribution is -2.12. The molecule has 0 aliphatic carbocycles. The van der Waals surface area contributed by atoms with E-state index in [9.17, 15) is 5.11 Å². The summed E-state index contributed by atoms with van der Waals surface area (Å²) in [6.07, 6.45) is 0. The Bertz CT molecular complexity index is 466. The van der Waals surface area contributed by atoms with Gasteiger partial charge in [-0.2, -0.15) is 0 Å². The Hall–Kier alpha value is -1.81. The van der Waals surface area contributed by atoms with Crippen molar-refractivity contribution in [1.29, 1.82) is 0 Å². The van der Waals surface area contributed by atoms with E-state index in [1.807, 2.05) is 25.1 Å². The fraction of sp³-hybridized carbons (Fsp3) is 0.250. The molecule has 0 bridgehead atoms. The van der Waals surface area contributed by atoms with Crippen LogP contribution in [0.3, 0.4) is 0 Å². The average molecular weight is 218 g/mol. The van der Waals surface area contributed by atoms with Gasteiger partial charge in [0.05, 0.1) is 5.69 Å². The number of phenols is 1. The fourth-order valence-electron chi connectivity index (χ4n) is 1.50. The van der Waals surface area contributed by atoms with Gasteiger partial charge in [-0.05, 0) is 24.6 Å². The molecule has 4 heteroatoms. The predicted octanol–water partition coefficient (Wildman–Crippen LogP) is 1.98. The number of hydrogen-bond donors (Lipinski definition) is 2. The monoisotopic (exact) mass is 218 g/mol. The smallest absolute Gasteiger partial charge is 0.133 e. The van der Waals surface area contributed by atoms with Gasteiger partial charge in [-0.15, -0.1) is 0 Å². The fourth-order valence-corrected chi connectivity index (χ4v) is 1.50. The highest BCUT2D eigenvalue weighted by Gasteiger charge is 1.99. The molecule has 0 fully saturated rings. The van der Waals surface area contributed by atoms with Gasteiger partial charge >= 0.3 is 0 Å². The van der Waals surface area contributed by atoms with E-state index in [1.165, 1.54) is 0 Å². The van der Waals surface area contributed by atoms with Gasteiger partial charge in [0, 0.05) is 19.2 Å². The number of nitrogens with one attached hydrogen (secondary N) is 1. The molecule has 2 rings (SSSR count). The van der Waals surface area contributed by atoms with E-state index in [-0.39, 0.29) is 5.75 Å². The minimum atomic E-state index is 0.289. The van der Waals surface area contributed by atoms with E-state index >= 15 is 0 Å². The molecule has 2 aromatic rings. The Morgan fingerprint density at radius 3 is 2.88 bits per heavy atom. The summed E-state index contributed by atoms with van der Waals surface area (Å²) in [4.78, 5) is 0. The molecule has 0 aliphatic heterocycles. The van der Waals surface area contributed by atoms with Crippen LogP contribution in [0.15, 0.2) is 34.9 Å². The van der Waals surface area contributed by atoms with Gasteiger partial charge in [0.25, 0.3) is 0 Å². The zero-order valence-electron chi connectivity index (χ0n) is 9.10. The molecule has 0 radical (unpaired) electrons. The van der Waals surface area contributed by atoms with Crippen molar-refractivity contribution in [2.24, 2.45) is 0 Å². The van der Waals surface area contributed by atoms with Crippen LogP contribution in [0.25, 0.3) is 0 Å². The molecule has 16 heavy (non-hydrogen) atoms. The molecule has 1 heterocycles. The van der Waals surface area contributed by atoms with Gasteiger partial charge < -0.3 is 14.9 Å². The third-order valence-electron chi connectivity index (χ3n) is 2.22. The van der Waals surface area contributed by atoms with Crippen LogP contribution in [0.4, 0.5) is 0 Å². The number of phenolic OH excluding ortho intramolecular Hbond substituents is 1. The standard InChI is InChI=1S/C12H14N2O2/c1-9-5-11(14-16-9)8-13-7-10-3-2-4-12(15)6-10/h2-6,13,15H,7-8H2,1H3. The molecule has 0 aliphatic rings. The van der Waals surface area contributed by atoms with Gasteiger partial charge in [-0.3, -0.25) is 0 Å². The molecule has 1 aromatic heterocycles. The van der Waals surface area contributed by atoms with Crippen molar-refractivity contribution in [2.75, 3.05) is 0 Å². The SMILES string of the molecule is Cc1cc(CNCc2cccc(O)c2)no1. The maximum atomic E-state index is 9.28. The molecule has 2 N–H and O–H groups in total. The Balaban J connectivity index is 1.84. The number of nitrogens with zero attached hydrogens (tertiary/aromatic N) is 1. The third-order valence-corrected chi connectivity index (χ3v) is 2.22. The quantitative estimate of drug-likeness (QED) is 0.823. The number of aromatic nitrogens is 1. The van der Waals surface area contributed by atoms with Crippen LogP contribution in [0.5, 0.6) is 5.75 Å². The molecular weight excluding hydrogens is 204 g/mol. The lowest BCUT2D eigenvalue weighted by atomic mass is 10.2. The summed E-state index contributed by atoms with van der Waals surface area (Å²) in [5.41, 5.74) is 1.93. The first-order chi connectivity index (χ1) is 7.74.